The SMILES string of the molecule is COc1ccccc1Cc1nnc(COCC(=O)O)o1. The van der Waals surface area contributed by atoms with Crippen molar-refractivity contribution in [1.82, 2.24) is 10.2 Å². The average Bonchev–Trinajstić information content (AvgIpc) is 2.86. The van der Waals surface area contributed by atoms with Crippen LogP contribution in [0.5, 0.6) is 5.75 Å². The van der Waals surface area contributed by atoms with Gasteiger partial charge in [0, 0.05) is 5.56 Å². The molecule has 2 aromatic rings. The maximum Gasteiger partial charge on any atom is 0.329 e. The lowest BCUT2D eigenvalue weighted by atomic mass is 10.1. The molecule has 0 bridgehead atoms. The Morgan fingerprint density at radius 1 is 1.30 bits per heavy atom. The van der Waals surface area contributed by atoms with Gasteiger partial charge in [-0.1, -0.05) is 18.2 Å². The van der Waals surface area contributed by atoms with E-state index in [-0.39, 0.29) is 12.5 Å². The van der Waals surface area contributed by atoms with E-state index in [2.05, 4.69) is 10.2 Å². The van der Waals surface area contributed by atoms with Gasteiger partial charge in [0.1, 0.15) is 19.0 Å². The Hall–Kier alpha value is -2.41. The van der Waals surface area contributed by atoms with Gasteiger partial charge in [-0.05, 0) is 6.07 Å². The van der Waals surface area contributed by atoms with Crippen LogP contribution in [0.3, 0.4) is 0 Å². The first-order valence-electron chi connectivity index (χ1n) is 5.91. The highest BCUT2D eigenvalue weighted by atomic mass is 16.5. The monoisotopic (exact) mass is 278 g/mol. The third kappa shape index (κ3) is 3.79. The van der Waals surface area contributed by atoms with Gasteiger partial charge in [-0.15, -0.1) is 10.2 Å². The van der Waals surface area contributed by atoms with E-state index < -0.39 is 12.6 Å². The molecule has 0 aliphatic carbocycles. The summed E-state index contributed by atoms with van der Waals surface area (Å²) in [6.45, 7) is -0.421. The summed E-state index contributed by atoms with van der Waals surface area (Å²) < 4.78 is 15.5. The molecule has 0 aliphatic heterocycles. The molecule has 0 fully saturated rings. The number of nitrogens with zero attached hydrogens (tertiary/aromatic N) is 2. The molecule has 0 atom stereocenters. The van der Waals surface area contributed by atoms with Gasteiger partial charge in [-0.25, -0.2) is 4.79 Å². The molecule has 1 aromatic heterocycles. The molecular weight excluding hydrogens is 264 g/mol. The molecule has 7 nitrogen and oxygen atoms in total. The number of carbonyl (C=O) groups is 1. The molecule has 0 saturated carbocycles. The minimum Gasteiger partial charge on any atom is -0.496 e. The zero-order chi connectivity index (χ0) is 14.4. The Balaban J connectivity index is 1.97. The summed E-state index contributed by atoms with van der Waals surface area (Å²) in [4.78, 5) is 10.3. The van der Waals surface area contributed by atoms with Gasteiger partial charge in [0.05, 0.1) is 13.5 Å². The number of carboxylic acid groups (broad SMARTS) is 1. The van der Waals surface area contributed by atoms with E-state index in [1.165, 1.54) is 0 Å². The van der Waals surface area contributed by atoms with Crippen molar-refractivity contribution in [2.45, 2.75) is 13.0 Å². The van der Waals surface area contributed by atoms with Crippen molar-refractivity contribution < 1.29 is 23.8 Å². The number of aromatic nitrogens is 2. The molecule has 0 spiro atoms. The Kier molecular flexibility index (Phi) is 4.67. The molecule has 2 rings (SSSR count). The van der Waals surface area contributed by atoms with Crippen LogP contribution in [0, 0.1) is 0 Å². The first-order valence-corrected chi connectivity index (χ1v) is 5.91. The molecule has 0 radical (unpaired) electrons. The largest absolute Gasteiger partial charge is 0.496 e. The highest BCUT2D eigenvalue weighted by Gasteiger charge is 2.10. The van der Waals surface area contributed by atoms with Crippen molar-refractivity contribution in [3.8, 4) is 5.75 Å². The van der Waals surface area contributed by atoms with E-state index in [0.717, 1.165) is 11.3 Å². The highest BCUT2D eigenvalue weighted by Crippen LogP contribution is 2.20. The van der Waals surface area contributed by atoms with Crippen LogP contribution in [0.4, 0.5) is 0 Å². The first-order chi connectivity index (χ1) is 9.69. The summed E-state index contributed by atoms with van der Waals surface area (Å²) in [7, 11) is 1.60. The van der Waals surface area contributed by atoms with E-state index in [9.17, 15) is 4.79 Å². The number of methoxy groups -OCH3 is 1. The number of benzene rings is 1. The zero-order valence-electron chi connectivity index (χ0n) is 10.9. The van der Waals surface area contributed by atoms with Gasteiger partial charge >= 0.3 is 5.97 Å². The Bertz CT molecular complexity index is 582. The maximum absolute atomic E-state index is 10.3. The first kappa shape index (κ1) is 14.0. The van der Waals surface area contributed by atoms with Gasteiger partial charge in [0.15, 0.2) is 0 Å². The van der Waals surface area contributed by atoms with Crippen LogP contribution >= 0.6 is 0 Å². The average molecular weight is 278 g/mol. The normalized spacial score (nSPS) is 10.4. The lowest BCUT2D eigenvalue weighted by Gasteiger charge is -2.05. The van der Waals surface area contributed by atoms with Crippen LogP contribution in [0.1, 0.15) is 17.3 Å². The molecule has 0 aliphatic rings. The zero-order valence-corrected chi connectivity index (χ0v) is 10.9. The summed E-state index contributed by atoms with van der Waals surface area (Å²) >= 11 is 0. The molecule has 106 valence electrons. The standard InChI is InChI=1S/C13H14N2O5/c1-18-10-5-3-2-4-9(10)6-11-14-15-12(20-11)7-19-8-13(16)17/h2-5H,6-8H2,1H3,(H,16,17). The fourth-order valence-corrected chi connectivity index (χ4v) is 1.66. The fourth-order valence-electron chi connectivity index (χ4n) is 1.66. The Morgan fingerprint density at radius 3 is 2.80 bits per heavy atom. The second-order valence-corrected chi connectivity index (χ2v) is 3.96. The minimum atomic E-state index is -1.04. The van der Waals surface area contributed by atoms with Gasteiger partial charge in [0.25, 0.3) is 0 Å². The van der Waals surface area contributed by atoms with Crippen molar-refractivity contribution in [2.75, 3.05) is 13.7 Å². The Labute approximate surface area is 115 Å². The van der Waals surface area contributed by atoms with E-state index in [4.69, 9.17) is 19.0 Å². The van der Waals surface area contributed by atoms with Gasteiger partial charge < -0.3 is 19.0 Å². The molecule has 1 aromatic carbocycles. The number of rotatable bonds is 7. The molecule has 0 unspecified atom stereocenters. The fraction of sp³-hybridized carbons (Fsp3) is 0.308. The van der Waals surface area contributed by atoms with E-state index in [1.54, 1.807) is 7.11 Å². The van der Waals surface area contributed by atoms with Crippen molar-refractivity contribution in [3.05, 3.63) is 41.6 Å². The molecule has 7 heteroatoms. The smallest absolute Gasteiger partial charge is 0.329 e. The van der Waals surface area contributed by atoms with Crippen molar-refractivity contribution in [2.24, 2.45) is 0 Å². The number of para-hydroxylation sites is 1. The van der Waals surface area contributed by atoms with Gasteiger partial charge in [0.2, 0.25) is 11.8 Å². The van der Waals surface area contributed by atoms with Crippen LogP contribution in [-0.4, -0.2) is 35.0 Å². The van der Waals surface area contributed by atoms with Crippen LogP contribution in [0.2, 0.25) is 0 Å². The second-order valence-electron chi connectivity index (χ2n) is 3.96. The van der Waals surface area contributed by atoms with Crippen LogP contribution in [0.25, 0.3) is 0 Å². The summed E-state index contributed by atoms with van der Waals surface area (Å²) in [6.07, 6.45) is 0.440. The summed E-state index contributed by atoms with van der Waals surface area (Å²) in [6, 6.07) is 7.53. The van der Waals surface area contributed by atoms with Gasteiger partial charge in [-0.3, -0.25) is 0 Å². The molecule has 1 N–H and O–H groups in total. The highest BCUT2D eigenvalue weighted by molar-refractivity contribution is 5.67. The third-order valence-corrected chi connectivity index (χ3v) is 2.49. The number of hydrogen-bond acceptors (Lipinski definition) is 6. The van der Waals surface area contributed by atoms with Crippen molar-refractivity contribution >= 4 is 5.97 Å². The van der Waals surface area contributed by atoms with E-state index >= 15 is 0 Å². The van der Waals surface area contributed by atoms with Crippen LogP contribution < -0.4 is 4.74 Å². The lowest BCUT2D eigenvalue weighted by Crippen LogP contribution is -2.06. The quantitative estimate of drug-likeness (QED) is 0.814. The molecule has 20 heavy (non-hydrogen) atoms. The number of aliphatic carboxylic acids is 1. The molecular formula is C13H14N2O5. The predicted molar refractivity (Wildman–Crippen MR) is 67.4 cm³/mol. The number of carboxylic acids is 1. The van der Waals surface area contributed by atoms with E-state index in [0.29, 0.717) is 12.3 Å². The minimum absolute atomic E-state index is 0.0226. The maximum atomic E-state index is 10.3. The molecule has 1 heterocycles. The second kappa shape index (κ2) is 6.67. The summed E-state index contributed by atoms with van der Waals surface area (Å²) in [5.74, 6) is 0.368. The third-order valence-electron chi connectivity index (χ3n) is 2.49. The lowest BCUT2D eigenvalue weighted by molar-refractivity contribution is -0.142. The van der Waals surface area contributed by atoms with Gasteiger partial charge in [-0.2, -0.15) is 0 Å². The summed E-state index contributed by atoms with van der Waals surface area (Å²) in [5.41, 5.74) is 0.927. The molecule has 0 saturated heterocycles. The van der Waals surface area contributed by atoms with Crippen molar-refractivity contribution in [3.63, 3.8) is 0 Å². The van der Waals surface area contributed by atoms with Crippen molar-refractivity contribution in [1.29, 1.82) is 0 Å². The topological polar surface area (TPSA) is 94.7 Å². The predicted octanol–water partition coefficient (Wildman–Crippen LogP) is 1.27. The number of ether oxygens (including phenoxy) is 2. The van der Waals surface area contributed by atoms with E-state index in [1.807, 2.05) is 24.3 Å². The summed E-state index contributed by atoms with van der Waals surface area (Å²) in [5, 5.41) is 16.1. The van der Waals surface area contributed by atoms with Crippen LogP contribution in [-0.2, 0) is 22.6 Å². The van der Waals surface area contributed by atoms with Crippen LogP contribution in [0.15, 0.2) is 28.7 Å². The Morgan fingerprint density at radius 2 is 2.05 bits per heavy atom. The number of hydrogen-bond donors (Lipinski definition) is 1. The molecule has 0 amide bonds.